The molecule has 0 aliphatic carbocycles. The zero-order valence-corrected chi connectivity index (χ0v) is 18.1. The Balaban J connectivity index is 1.30. The molecule has 0 radical (unpaired) electrons. The molecule has 0 atom stereocenters. The Labute approximate surface area is 188 Å². The maximum absolute atomic E-state index is 12.3. The van der Waals surface area contributed by atoms with E-state index in [4.69, 9.17) is 4.74 Å². The van der Waals surface area contributed by atoms with Gasteiger partial charge in [0.2, 0.25) is 5.91 Å². The summed E-state index contributed by atoms with van der Waals surface area (Å²) >= 11 is 0. The first-order chi connectivity index (χ1) is 15.7. The lowest BCUT2D eigenvalue weighted by Gasteiger charge is -2.35. The van der Waals surface area contributed by atoms with E-state index in [-0.39, 0.29) is 5.91 Å². The number of hydrogen-bond acceptors (Lipinski definition) is 6. The molecule has 0 bridgehead atoms. The normalized spacial score (nSPS) is 14.5. The first kappa shape index (κ1) is 21.5. The van der Waals surface area contributed by atoms with Crippen molar-refractivity contribution in [2.45, 2.75) is 6.54 Å². The van der Waals surface area contributed by atoms with Crippen LogP contribution in [0.3, 0.4) is 0 Å². The van der Waals surface area contributed by atoms with Gasteiger partial charge in [0.05, 0.1) is 7.11 Å². The van der Waals surface area contributed by atoms with E-state index in [1.165, 1.54) is 18.0 Å². The van der Waals surface area contributed by atoms with Crippen LogP contribution in [-0.4, -0.2) is 54.1 Å². The summed E-state index contributed by atoms with van der Waals surface area (Å²) in [6.07, 6.45) is 4.74. The molecule has 2 aromatic carbocycles. The Morgan fingerprint density at radius 2 is 1.78 bits per heavy atom. The van der Waals surface area contributed by atoms with Crippen molar-refractivity contribution < 1.29 is 9.53 Å². The Bertz CT molecular complexity index is 1050. The monoisotopic (exact) mass is 429 g/mol. The number of anilines is 2. The van der Waals surface area contributed by atoms with Crippen LogP contribution < -0.4 is 15.0 Å². The van der Waals surface area contributed by atoms with Gasteiger partial charge in [0.1, 0.15) is 23.7 Å². The molecule has 0 unspecified atom stereocenters. The van der Waals surface area contributed by atoms with E-state index in [1.54, 1.807) is 13.2 Å². The van der Waals surface area contributed by atoms with Gasteiger partial charge in [-0.2, -0.15) is 0 Å². The summed E-state index contributed by atoms with van der Waals surface area (Å²) in [5.74, 6) is 1.86. The second-order valence-electron chi connectivity index (χ2n) is 7.61. The van der Waals surface area contributed by atoms with Gasteiger partial charge in [0, 0.05) is 44.9 Å². The molecule has 4 rings (SSSR count). The SMILES string of the molecule is COc1ccc(/C=C/C(=O)Nc2cc(N3CCN(Cc4ccccc4)CC3)ncn2)cc1. The van der Waals surface area contributed by atoms with E-state index in [0.29, 0.717) is 5.82 Å². The van der Waals surface area contributed by atoms with Crippen molar-refractivity contribution in [3.8, 4) is 5.75 Å². The van der Waals surface area contributed by atoms with E-state index in [0.717, 1.165) is 49.9 Å². The summed E-state index contributed by atoms with van der Waals surface area (Å²) in [6, 6.07) is 19.8. The molecule has 2 heterocycles. The fraction of sp³-hybridized carbons (Fsp3) is 0.240. The minimum Gasteiger partial charge on any atom is -0.497 e. The lowest BCUT2D eigenvalue weighted by Crippen LogP contribution is -2.46. The summed E-state index contributed by atoms with van der Waals surface area (Å²) in [7, 11) is 1.62. The van der Waals surface area contributed by atoms with Crippen LogP contribution in [0.1, 0.15) is 11.1 Å². The van der Waals surface area contributed by atoms with E-state index < -0.39 is 0 Å². The van der Waals surface area contributed by atoms with Crippen LogP contribution in [0, 0.1) is 0 Å². The maximum atomic E-state index is 12.3. The van der Waals surface area contributed by atoms with Crippen molar-refractivity contribution >= 4 is 23.6 Å². The van der Waals surface area contributed by atoms with Gasteiger partial charge >= 0.3 is 0 Å². The third kappa shape index (κ3) is 5.92. The molecule has 1 aliphatic heterocycles. The van der Waals surface area contributed by atoms with Gasteiger partial charge in [-0.3, -0.25) is 9.69 Å². The van der Waals surface area contributed by atoms with Crippen LogP contribution in [0.2, 0.25) is 0 Å². The molecule has 0 saturated carbocycles. The number of ether oxygens (including phenoxy) is 1. The van der Waals surface area contributed by atoms with Crippen LogP contribution >= 0.6 is 0 Å². The lowest BCUT2D eigenvalue weighted by atomic mass is 10.2. The van der Waals surface area contributed by atoms with Crippen molar-refractivity contribution in [3.05, 3.63) is 84.2 Å². The fourth-order valence-corrected chi connectivity index (χ4v) is 3.62. The van der Waals surface area contributed by atoms with E-state index in [1.807, 2.05) is 36.4 Å². The van der Waals surface area contributed by atoms with Gasteiger partial charge in [0.15, 0.2) is 0 Å². The number of hydrogen-bond donors (Lipinski definition) is 1. The Hall–Kier alpha value is -3.71. The molecule has 1 aliphatic rings. The number of aromatic nitrogens is 2. The smallest absolute Gasteiger partial charge is 0.249 e. The summed E-state index contributed by atoms with van der Waals surface area (Å²) in [4.78, 5) is 25.6. The number of methoxy groups -OCH3 is 1. The highest BCUT2D eigenvalue weighted by Gasteiger charge is 2.18. The van der Waals surface area contributed by atoms with Gasteiger partial charge in [-0.05, 0) is 29.3 Å². The Morgan fingerprint density at radius 3 is 2.50 bits per heavy atom. The Morgan fingerprint density at radius 1 is 1.03 bits per heavy atom. The molecule has 164 valence electrons. The zero-order valence-electron chi connectivity index (χ0n) is 18.1. The molecule has 0 spiro atoms. The third-order valence-corrected chi connectivity index (χ3v) is 5.39. The quantitative estimate of drug-likeness (QED) is 0.580. The minimum absolute atomic E-state index is 0.238. The summed E-state index contributed by atoms with van der Waals surface area (Å²) in [5.41, 5.74) is 2.24. The number of carbonyl (C=O) groups excluding carboxylic acids is 1. The largest absolute Gasteiger partial charge is 0.497 e. The highest BCUT2D eigenvalue weighted by atomic mass is 16.5. The van der Waals surface area contributed by atoms with E-state index >= 15 is 0 Å². The summed E-state index contributed by atoms with van der Waals surface area (Å²) < 4.78 is 5.14. The average molecular weight is 430 g/mol. The Kier molecular flexibility index (Phi) is 7.09. The minimum atomic E-state index is -0.238. The van der Waals surface area contributed by atoms with Gasteiger partial charge in [-0.25, -0.2) is 9.97 Å². The van der Waals surface area contributed by atoms with Crippen molar-refractivity contribution in [2.24, 2.45) is 0 Å². The van der Waals surface area contributed by atoms with Crippen LogP contribution in [-0.2, 0) is 11.3 Å². The number of carbonyl (C=O) groups is 1. The van der Waals surface area contributed by atoms with Gasteiger partial charge in [-0.1, -0.05) is 42.5 Å². The number of nitrogens with one attached hydrogen (secondary N) is 1. The number of benzene rings is 2. The molecule has 32 heavy (non-hydrogen) atoms. The third-order valence-electron chi connectivity index (χ3n) is 5.39. The standard InChI is InChI=1S/C25H27N5O2/c1-32-22-10-7-20(8-11-22)9-12-25(31)28-23-17-24(27-19-26-23)30-15-13-29(14-16-30)18-21-5-3-2-4-6-21/h2-12,17,19H,13-16,18H2,1H3,(H,26,27,28,31)/b12-9+. The first-order valence-corrected chi connectivity index (χ1v) is 10.7. The molecule has 1 aromatic heterocycles. The van der Waals surface area contributed by atoms with Crippen molar-refractivity contribution in [2.75, 3.05) is 43.5 Å². The first-order valence-electron chi connectivity index (χ1n) is 10.7. The van der Waals surface area contributed by atoms with Crippen LogP contribution in [0.15, 0.2) is 73.1 Å². The van der Waals surface area contributed by atoms with E-state index in [9.17, 15) is 4.79 Å². The molecule has 7 heteroatoms. The second kappa shape index (κ2) is 10.5. The summed E-state index contributed by atoms with van der Waals surface area (Å²) in [6.45, 7) is 4.65. The highest BCUT2D eigenvalue weighted by Crippen LogP contribution is 2.18. The van der Waals surface area contributed by atoms with Gasteiger partial charge < -0.3 is 15.0 Å². The molecular formula is C25H27N5O2. The second-order valence-corrected chi connectivity index (χ2v) is 7.61. The molecule has 1 N–H and O–H groups in total. The predicted octanol–water partition coefficient (Wildman–Crippen LogP) is 3.46. The average Bonchev–Trinajstić information content (AvgIpc) is 2.84. The lowest BCUT2D eigenvalue weighted by molar-refractivity contribution is -0.111. The van der Waals surface area contributed by atoms with Crippen LogP contribution in [0.25, 0.3) is 6.08 Å². The molecule has 1 fully saturated rings. The molecule has 7 nitrogen and oxygen atoms in total. The summed E-state index contributed by atoms with van der Waals surface area (Å²) in [5, 5.41) is 2.82. The molecular weight excluding hydrogens is 402 g/mol. The van der Waals surface area contributed by atoms with Gasteiger partial charge in [-0.15, -0.1) is 0 Å². The molecule has 1 saturated heterocycles. The van der Waals surface area contributed by atoms with Crippen LogP contribution in [0.4, 0.5) is 11.6 Å². The topological polar surface area (TPSA) is 70.6 Å². The number of rotatable bonds is 7. The molecule has 3 aromatic rings. The maximum Gasteiger partial charge on any atom is 0.249 e. The predicted molar refractivity (Wildman–Crippen MR) is 127 cm³/mol. The number of piperazine rings is 1. The fourth-order valence-electron chi connectivity index (χ4n) is 3.62. The molecule has 1 amide bonds. The van der Waals surface area contributed by atoms with Crippen molar-refractivity contribution in [3.63, 3.8) is 0 Å². The van der Waals surface area contributed by atoms with Crippen LogP contribution in [0.5, 0.6) is 5.75 Å². The highest BCUT2D eigenvalue weighted by molar-refractivity contribution is 6.01. The van der Waals surface area contributed by atoms with E-state index in [2.05, 4.69) is 49.4 Å². The van der Waals surface area contributed by atoms with Crippen molar-refractivity contribution in [1.82, 2.24) is 14.9 Å². The van der Waals surface area contributed by atoms with Gasteiger partial charge in [0.25, 0.3) is 0 Å². The number of amides is 1. The van der Waals surface area contributed by atoms with Crippen molar-refractivity contribution in [1.29, 1.82) is 0 Å². The number of nitrogens with zero attached hydrogens (tertiary/aromatic N) is 4. The zero-order chi connectivity index (χ0) is 22.2.